The number of ether oxygens (including phenoxy) is 2. The average molecular weight is 579 g/mol. The van der Waals surface area contributed by atoms with E-state index in [1.165, 1.54) is 6.92 Å². The van der Waals surface area contributed by atoms with Gasteiger partial charge in [0.05, 0.1) is 6.10 Å². The van der Waals surface area contributed by atoms with Crippen molar-refractivity contribution in [1.82, 2.24) is 14.6 Å². The number of aliphatic hydroxyl groups excluding tert-OH is 2. The van der Waals surface area contributed by atoms with E-state index in [1.54, 1.807) is 38.1 Å². The highest BCUT2D eigenvalue weighted by atomic mass is 31.2. The molecule has 6 atom stereocenters. The lowest BCUT2D eigenvalue weighted by Gasteiger charge is -2.30. The molecular formula is C25H31N4O10P. The molecule has 1 saturated heterocycles. The number of aromatic amines is 1. The number of aliphatic hydroxyl groups is 2. The van der Waals surface area contributed by atoms with Gasteiger partial charge in [0.25, 0.3) is 5.56 Å². The Hall–Kier alpha value is -3.36. The SMILES string of the molecule is CC(C)OC(=O)[C@H](C)NP(=O)(OC[C@@]1(N)O[C@@H](n2ccc(=O)[nH]c2=O)[C@H](O)[C@@H]1O)Oc1cccc2ccccc12. The van der Waals surface area contributed by atoms with Gasteiger partial charge >= 0.3 is 19.4 Å². The lowest BCUT2D eigenvalue weighted by atomic mass is 10.1. The fourth-order valence-electron chi connectivity index (χ4n) is 4.08. The average Bonchev–Trinajstić information content (AvgIpc) is 3.12. The summed E-state index contributed by atoms with van der Waals surface area (Å²) in [5, 5.41) is 25.2. The van der Waals surface area contributed by atoms with Gasteiger partial charge in [0.2, 0.25) is 0 Å². The number of hydrogen-bond acceptors (Lipinski definition) is 11. The maximum atomic E-state index is 14.0. The van der Waals surface area contributed by atoms with Crippen LogP contribution in [0.15, 0.2) is 64.3 Å². The normalized spacial score (nSPS) is 25.0. The lowest BCUT2D eigenvalue weighted by Crippen LogP contribution is -2.54. The van der Waals surface area contributed by atoms with E-state index in [-0.39, 0.29) is 5.75 Å². The van der Waals surface area contributed by atoms with E-state index < -0.39 is 67.9 Å². The summed E-state index contributed by atoms with van der Waals surface area (Å²) < 4.78 is 37.1. The molecule has 15 heteroatoms. The molecule has 40 heavy (non-hydrogen) atoms. The van der Waals surface area contributed by atoms with Crippen molar-refractivity contribution in [3.8, 4) is 5.75 Å². The van der Waals surface area contributed by atoms with Gasteiger partial charge in [-0.05, 0) is 32.2 Å². The molecule has 3 aromatic rings. The van der Waals surface area contributed by atoms with Crippen molar-refractivity contribution in [2.24, 2.45) is 5.73 Å². The van der Waals surface area contributed by atoms with Crippen molar-refractivity contribution in [2.75, 3.05) is 6.61 Å². The number of esters is 1. The summed E-state index contributed by atoms with van der Waals surface area (Å²) in [6.07, 6.45) is -4.46. The molecule has 4 rings (SSSR count). The van der Waals surface area contributed by atoms with Gasteiger partial charge in [-0.15, -0.1) is 0 Å². The maximum absolute atomic E-state index is 14.0. The van der Waals surface area contributed by atoms with Crippen LogP contribution in [0.5, 0.6) is 5.75 Å². The highest BCUT2D eigenvalue weighted by molar-refractivity contribution is 7.52. The number of carbonyl (C=O) groups excluding carboxylic acids is 1. The van der Waals surface area contributed by atoms with Crippen LogP contribution in [0.1, 0.15) is 27.0 Å². The molecule has 1 aromatic heterocycles. The molecule has 1 fully saturated rings. The van der Waals surface area contributed by atoms with E-state index in [9.17, 15) is 29.2 Å². The zero-order chi connectivity index (χ0) is 29.2. The summed E-state index contributed by atoms with van der Waals surface area (Å²) in [4.78, 5) is 38.1. The second kappa shape index (κ2) is 11.6. The topological polar surface area (TPSA) is 204 Å². The Bertz CT molecular complexity index is 1540. The quantitative estimate of drug-likeness (QED) is 0.167. The summed E-state index contributed by atoms with van der Waals surface area (Å²) in [6, 6.07) is 12.0. The van der Waals surface area contributed by atoms with Crippen molar-refractivity contribution in [3.05, 3.63) is 75.6 Å². The molecule has 6 N–H and O–H groups in total. The Kier molecular flexibility index (Phi) is 8.61. The molecule has 216 valence electrons. The number of nitrogens with zero attached hydrogens (tertiary/aromatic N) is 1. The number of aromatic nitrogens is 2. The smallest absolute Gasteiger partial charge is 0.459 e. The fourth-order valence-corrected chi connectivity index (χ4v) is 5.63. The molecule has 2 heterocycles. The minimum atomic E-state index is -4.47. The first-order valence-corrected chi connectivity index (χ1v) is 13.9. The van der Waals surface area contributed by atoms with Gasteiger partial charge < -0.3 is 24.2 Å². The first kappa shape index (κ1) is 29.6. The monoisotopic (exact) mass is 578 g/mol. The molecule has 0 spiro atoms. The van der Waals surface area contributed by atoms with Crippen molar-refractivity contribution in [1.29, 1.82) is 0 Å². The van der Waals surface area contributed by atoms with Gasteiger partial charge in [-0.3, -0.25) is 29.4 Å². The van der Waals surface area contributed by atoms with Crippen LogP contribution in [0.2, 0.25) is 0 Å². The Labute approximate surface area is 228 Å². The Morgan fingerprint density at radius 1 is 1.18 bits per heavy atom. The third-order valence-corrected chi connectivity index (χ3v) is 7.68. The number of hydrogen-bond donors (Lipinski definition) is 5. The third-order valence-electron chi connectivity index (χ3n) is 6.07. The van der Waals surface area contributed by atoms with E-state index in [4.69, 9.17) is 24.3 Å². The van der Waals surface area contributed by atoms with Gasteiger partial charge in [0, 0.05) is 17.6 Å². The van der Waals surface area contributed by atoms with Crippen LogP contribution in [0.3, 0.4) is 0 Å². The van der Waals surface area contributed by atoms with Gasteiger partial charge in [0.15, 0.2) is 12.0 Å². The molecule has 0 radical (unpaired) electrons. The number of nitrogens with one attached hydrogen (secondary N) is 2. The molecule has 1 unspecified atom stereocenters. The van der Waals surface area contributed by atoms with E-state index in [0.717, 1.165) is 22.2 Å². The predicted molar refractivity (Wildman–Crippen MR) is 142 cm³/mol. The zero-order valence-electron chi connectivity index (χ0n) is 21.9. The lowest BCUT2D eigenvalue weighted by molar-refractivity contribution is -0.149. The molecule has 1 aliphatic rings. The standard InChI is InChI=1S/C25H31N4O10P/c1-14(2)37-23(33)15(3)28-40(35,39-18-10-6-8-16-7-4-5-9-17(16)18)36-13-25(26)21(32)20(31)22(38-25)29-12-11-19(30)27-24(29)34/h4-12,14-15,20-22,31-32H,13,26H2,1-3H3,(H,28,35)(H,27,30,34)/t15-,20+,21-,22+,25+,40?/m0/s1. The largest absolute Gasteiger partial charge is 0.462 e. The molecular weight excluding hydrogens is 547 g/mol. The first-order chi connectivity index (χ1) is 18.8. The van der Waals surface area contributed by atoms with Gasteiger partial charge in [-0.2, -0.15) is 5.09 Å². The van der Waals surface area contributed by atoms with Crippen LogP contribution in [-0.2, 0) is 23.4 Å². The fraction of sp³-hybridized carbons (Fsp3) is 0.400. The summed E-state index contributed by atoms with van der Waals surface area (Å²) in [5.41, 5.74) is 2.41. The highest BCUT2D eigenvalue weighted by Crippen LogP contribution is 2.48. The second-order valence-corrected chi connectivity index (χ2v) is 11.3. The van der Waals surface area contributed by atoms with Crippen LogP contribution in [0, 0.1) is 0 Å². The van der Waals surface area contributed by atoms with Crippen LogP contribution in [0.25, 0.3) is 10.8 Å². The van der Waals surface area contributed by atoms with Gasteiger partial charge in [-0.1, -0.05) is 36.4 Å². The van der Waals surface area contributed by atoms with Gasteiger partial charge in [0.1, 0.15) is 30.6 Å². The van der Waals surface area contributed by atoms with Gasteiger partial charge in [-0.25, -0.2) is 9.36 Å². The van der Waals surface area contributed by atoms with E-state index in [0.29, 0.717) is 5.39 Å². The summed E-state index contributed by atoms with van der Waals surface area (Å²) in [5.74, 6) is -0.567. The van der Waals surface area contributed by atoms with Crippen molar-refractivity contribution in [3.63, 3.8) is 0 Å². The molecule has 0 aliphatic carbocycles. The van der Waals surface area contributed by atoms with Crippen LogP contribution < -0.4 is 26.6 Å². The number of carbonyl (C=O) groups is 1. The number of H-pyrrole nitrogens is 1. The number of benzene rings is 2. The number of rotatable bonds is 10. The molecule has 14 nitrogen and oxygen atoms in total. The minimum Gasteiger partial charge on any atom is -0.462 e. The van der Waals surface area contributed by atoms with Crippen molar-refractivity contribution in [2.45, 2.75) is 57.1 Å². The number of nitrogens with two attached hydrogens (primary N) is 1. The van der Waals surface area contributed by atoms with Crippen LogP contribution >= 0.6 is 7.75 Å². The Morgan fingerprint density at radius 3 is 2.58 bits per heavy atom. The van der Waals surface area contributed by atoms with Crippen molar-refractivity contribution < 1.29 is 38.1 Å². The zero-order valence-corrected chi connectivity index (χ0v) is 22.8. The summed E-state index contributed by atoms with van der Waals surface area (Å²) in [6.45, 7) is 3.88. The molecule has 0 saturated carbocycles. The summed E-state index contributed by atoms with van der Waals surface area (Å²) >= 11 is 0. The maximum Gasteiger partial charge on any atom is 0.459 e. The Morgan fingerprint density at radius 2 is 1.88 bits per heavy atom. The molecule has 0 amide bonds. The molecule has 0 bridgehead atoms. The van der Waals surface area contributed by atoms with Crippen LogP contribution in [-0.4, -0.2) is 62.4 Å². The molecule has 2 aromatic carbocycles. The van der Waals surface area contributed by atoms with E-state index in [2.05, 4.69) is 5.09 Å². The third kappa shape index (κ3) is 6.34. The summed E-state index contributed by atoms with van der Waals surface area (Å²) in [7, 11) is -4.47. The predicted octanol–water partition coefficient (Wildman–Crippen LogP) is 0.729. The second-order valence-electron chi connectivity index (χ2n) is 9.59. The first-order valence-electron chi connectivity index (χ1n) is 12.4. The Balaban J connectivity index is 1.61. The van der Waals surface area contributed by atoms with E-state index in [1.807, 2.05) is 23.2 Å². The van der Waals surface area contributed by atoms with Crippen LogP contribution in [0.4, 0.5) is 0 Å². The highest BCUT2D eigenvalue weighted by Gasteiger charge is 2.54. The van der Waals surface area contributed by atoms with E-state index >= 15 is 0 Å². The van der Waals surface area contributed by atoms with Crippen molar-refractivity contribution >= 4 is 24.5 Å². The number of fused-ring (bicyclic) bond motifs is 1. The molecule has 1 aliphatic heterocycles. The minimum absolute atomic E-state index is 0.162.